The van der Waals surface area contributed by atoms with E-state index in [-0.39, 0.29) is 24.1 Å². The van der Waals surface area contributed by atoms with Crippen LogP contribution in [0.2, 0.25) is 0 Å². The van der Waals surface area contributed by atoms with Gasteiger partial charge in [0, 0.05) is 20.1 Å². The highest BCUT2D eigenvalue weighted by atomic mass is 16.5. The van der Waals surface area contributed by atoms with Crippen LogP contribution in [0, 0.1) is 12.3 Å². The molecule has 3 N–H and O–H groups in total. The van der Waals surface area contributed by atoms with Gasteiger partial charge in [0.15, 0.2) is 5.82 Å². The summed E-state index contributed by atoms with van der Waals surface area (Å²) < 4.78 is 4.92. The zero-order chi connectivity index (χ0) is 15.9. The van der Waals surface area contributed by atoms with Crippen molar-refractivity contribution in [1.82, 2.24) is 20.8 Å². The second-order valence-electron chi connectivity index (χ2n) is 5.96. The van der Waals surface area contributed by atoms with E-state index in [0.717, 1.165) is 12.8 Å². The number of rotatable bonds is 8. The van der Waals surface area contributed by atoms with Crippen molar-refractivity contribution in [2.75, 3.05) is 13.2 Å². The first-order chi connectivity index (χ1) is 9.88. The number of amides is 2. The van der Waals surface area contributed by atoms with E-state index < -0.39 is 0 Å². The topological polar surface area (TPSA) is 100 Å². The lowest BCUT2D eigenvalue weighted by atomic mass is 9.89. The number of aliphatic hydroxyl groups is 1. The van der Waals surface area contributed by atoms with Crippen molar-refractivity contribution in [3.8, 4) is 0 Å². The van der Waals surface area contributed by atoms with Gasteiger partial charge in [0.25, 0.3) is 0 Å². The molecule has 0 aliphatic carbocycles. The Bertz CT molecular complexity index is 445. The first-order valence-corrected chi connectivity index (χ1v) is 7.33. The highest BCUT2D eigenvalue weighted by Crippen LogP contribution is 2.20. The molecule has 1 unspecified atom stereocenters. The number of nitrogens with zero attached hydrogens (tertiary/aromatic N) is 2. The summed E-state index contributed by atoms with van der Waals surface area (Å²) in [6.45, 7) is 8.37. The summed E-state index contributed by atoms with van der Waals surface area (Å²) in [6, 6.07) is -0.498. The molecule has 0 radical (unpaired) electrons. The molecule has 1 aromatic heterocycles. The van der Waals surface area contributed by atoms with Gasteiger partial charge in [-0.3, -0.25) is 0 Å². The van der Waals surface area contributed by atoms with Crippen molar-refractivity contribution >= 4 is 6.03 Å². The van der Waals surface area contributed by atoms with Gasteiger partial charge in [0.1, 0.15) is 0 Å². The van der Waals surface area contributed by atoms with Crippen LogP contribution in [-0.4, -0.2) is 34.4 Å². The predicted molar refractivity (Wildman–Crippen MR) is 78.7 cm³/mol. The molecule has 0 saturated heterocycles. The molecule has 1 heterocycles. The number of nitrogens with one attached hydrogen (secondary N) is 2. The highest BCUT2D eigenvalue weighted by Gasteiger charge is 2.18. The van der Waals surface area contributed by atoms with Crippen molar-refractivity contribution in [2.24, 2.45) is 5.41 Å². The minimum absolute atomic E-state index is 0.105. The monoisotopic (exact) mass is 298 g/mol. The SMILES string of the molecule is CCC(NC(=O)NCCCC(C)(C)CO)c1noc(C)n1. The lowest BCUT2D eigenvalue weighted by Crippen LogP contribution is -2.38. The summed E-state index contributed by atoms with van der Waals surface area (Å²) >= 11 is 0. The standard InChI is InChI=1S/C14H26N4O3/c1-5-11(12-16-10(2)21-18-12)17-13(20)15-8-6-7-14(3,4)9-19/h11,19H,5-9H2,1-4H3,(H2,15,17,20). The lowest BCUT2D eigenvalue weighted by molar-refractivity contribution is 0.148. The number of aromatic nitrogens is 2. The molecule has 0 aromatic carbocycles. The molecule has 120 valence electrons. The van der Waals surface area contributed by atoms with Crippen molar-refractivity contribution in [1.29, 1.82) is 0 Å². The Hall–Kier alpha value is -1.63. The number of urea groups is 1. The van der Waals surface area contributed by atoms with Gasteiger partial charge in [-0.1, -0.05) is 25.9 Å². The summed E-state index contributed by atoms with van der Waals surface area (Å²) in [4.78, 5) is 16.0. The lowest BCUT2D eigenvalue weighted by Gasteiger charge is -2.21. The molecule has 1 atom stereocenters. The van der Waals surface area contributed by atoms with Gasteiger partial charge in [-0.2, -0.15) is 4.98 Å². The number of aryl methyl sites for hydroxylation is 1. The fourth-order valence-electron chi connectivity index (χ4n) is 1.86. The Labute approximate surface area is 125 Å². The third-order valence-electron chi connectivity index (χ3n) is 3.31. The molecule has 0 bridgehead atoms. The predicted octanol–water partition coefficient (Wildman–Crippen LogP) is 1.93. The van der Waals surface area contributed by atoms with Gasteiger partial charge >= 0.3 is 6.03 Å². The van der Waals surface area contributed by atoms with Crippen LogP contribution in [0.15, 0.2) is 4.52 Å². The van der Waals surface area contributed by atoms with Crippen molar-refractivity contribution < 1.29 is 14.4 Å². The van der Waals surface area contributed by atoms with Crippen LogP contribution in [0.3, 0.4) is 0 Å². The van der Waals surface area contributed by atoms with Crippen LogP contribution in [0.4, 0.5) is 4.79 Å². The number of hydrogen-bond donors (Lipinski definition) is 3. The smallest absolute Gasteiger partial charge is 0.315 e. The zero-order valence-electron chi connectivity index (χ0n) is 13.3. The van der Waals surface area contributed by atoms with Crippen LogP contribution < -0.4 is 10.6 Å². The fraction of sp³-hybridized carbons (Fsp3) is 0.786. The van der Waals surface area contributed by atoms with Crippen LogP contribution >= 0.6 is 0 Å². The molecule has 0 saturated carbocycles. The summed E-state index contributed by atoms with van der Waals surface area (Å²) in [6.07, 6.45) is 2.36. The maximum Gasteiger partial charge on any atom is 0.315 e. The Morgan fingerprint density at radius 1 is 1.48 bits per heavy atom. The van der Waals surface area contributed by atoms with E-state index in [0.29, 0.717) is 24.7 Å². The number of carbonyl (C=O) groups is 1. The van der Waals surface area contributed by atoms with E-state index in [1.54, 1.807) is 6.92 Å². The summed E-state index contributed by atoms with van der Waals surface area (Å²) in [5, 5.41) is 18.6. The highest BCUT2D eigenvalue weighted by molar-refractivity contribution is 5.74. The van der Waals surface area contributed by atoms with E-state index in [1.807, 2.05) is 20.8 Å². The zero-order valence-corrected chi connectivity index (χ0v) is 13.3. The molecule has 7 nitrogen and oxygen atoms in total. The average molecular weight is 298 g/mol. The molecule has 21 heavy (non-hydrogen) atoms. The third-order valence-corrected chi connectivity index (χ3v) is 3.31. The maximum atomic E-state index is 11.8. The maximum absolute atomic E-state index is 11.8. The largest absolute Gasteiger partial charge is 0.396 e. The van der Waals surface area contributed by atoms with Crippen LogP contribution in [0.5, 0.6) is 0 Å². The first kappa shape index (κ1) is 17.4. The van der Waals surface area contributed by atoms with E-state index in [9.17, 15) is 4.79 Å². The molecule has 2 amide bonds. The van der Waals surface area contributed by atoms with Gasteiger partial charge < -0.3 is 20.3 Å². The van der Waals surface area contributed by atoms with Gasteiger partial charge in [-0.05, 0) is 24.7 Å². The number of aliphatic hydroxyl groups excluding tert-OH is 1. The Morgan fingerprint density at radius 2 is 2.19 bits per heavy atom. The van der Waals surface area contributed by atoms with Gasteiger partial charge in [-0.25, -0.2) is 4.79 Å². The van der Waals surface area contributed by atoms with Crippen LogP contribution in [-0.2, 0) is 0 Å². The van der Waals surface area contributed by atoms with E-state index in [4.69, 9.17) is 9.63 Å². The fourth-order valence-corrected chi connectivity index (χ4v) is 1.86. The molecule has 0 aliphatic rings. The van der Waals surface area contributed by atoms with Gasteiger partial charge in [0.05, 0.1) is 6.04 Å². The van der Waals surface area contributed by atoms with Crippen molar-refractivity contribution in [3.05, 3.63) is 11.7 Å². The molecular formula is C14H26N4O3. The summed E-state index contributed by atoms with van der Waals surface area (Å²) in [5.41, 5.74) is -0.105. The quantitative estimate of drug-likeness (QED) is 0.637. The number of hydrogen-bond acceptors (Lipinski definition) is 5. The average Bonchev–Trinajstić information content (AvgIpc) is 2.87. The minimum atomic E-state index is -0.253. The number of carbonyl (C=O) groups excluding carboxylic acids is 1. The second kappa shape index (κ2) is 7.97. The minimum Gasteiger partial charge on any atom is -0.396 e. The normalized spacial score (nSPS) is 13.0. The molecule has 1 rings (SSSR count). The van der Waals surface area contributed by atoms with Gasteiger partial charge in [0.2, 0.25) is 5.89 Å². The Morgan fingerprint density at radius 3 is 2.71 bits per heavy atom. The van der Waals surface area contributed by atoms with Crippen molar-refractivity contribution in [3.63, 3.8) is 0 Å². The second-order valence-corrected chi connectivity index (χ2v) is 5.96. The van der Waals surface area contributed by atoms with E-state index in [2.05, 4.69) is 20.8 Å². The Kier molecular flexibility index (Phi) is 6.61. The molecule has 0 fully saturated rings. The molecular weight excluding hydrogens is 272 g/mol. The third kappa shape index (κ3) is 6.12. The first-order valence-electron chi connectivity index (χ1n) is 7.33. The van der Waals surface area contributed by atoms with Crippen LogP contribution in [0.25, 0.3) is 0 Å². The molecule has 0 aliphatic heterocycles. The molecule has 1 aromatic rings. The molecule has 7 heteroatoms. The summed E-state index contributed by atoms with van der Waals surface area (Å²) in [5.74, 6) is 0.975. The van der Waals surface area contributed by atoms with Crippen LogP contribution in [0.1, 0.15) is 57.8 Å². The Balaban J connectivity index is 2.32. The van der Waals surface area contributed by atoms with E-state index in [1.165, 1.54) is 0 Å². The van der Waals surface area contributed by atoms with Gasteiger partial charge in [-0.15, -0.1) is 0 Å². The molecule has 0 spiro atoms. The van der Waals surface area contributed by atoms with E-state index >= 15 is 0 Å². The summed E-state index contributed by atoms with van der Waals surface area (Å²) in [7, 11) is 0. The van der Waals surface area contributed by atoms with Crippen molar-refractivity contribution in [2.45, 2.75) is 53.0 Å².